The van der Waals surface area contributed by atoms with Crippen LogP contribution in [0.15, 0.2) is 35.5 Å². The van der Waals surface area contributed by atoms with Crippen LogP contribution in [-0.4, -0.2) is 43.7 Å². The summed E-state index contributed by atoms with van der Waals surface area (Å²) in [7, 11) is 0. The molecular weight excluding hydrogens is 448 g/mol. The molecule has 1 amide bonds. The van der Waals surface area contributed by atoms with Crippen LogP contribution in [0.1, 0.15) is 54.2 Å². The van der Waals surface area contributed by atoms with Gasteiger partial charge in [-0.1, -0.05) is 30.0 Å². The highest BCUT2D eigenvalue weighted by atomic mass is 32.2. The first-order valence-corrected chi connectivity index (χ1v) is 12.7. The number of ether oxygens (including phenoxy) is 1. The number of anilines is 1. The molecule has 3 heterocycles. The Labute approximate surface area is 203 Å². The van der Waals surface area contributed by atoms with Crippen LogP contribution >= 0.6 is 11.8 Å². The number of amides is 1. The van der Waals surface area contributed by atoms with Gasteiger partial charge in [-0.25, -0.2) is 9.67 Å². The highest BCUT2D eigenvalue weighted by Gasteiger charge is 2.31. The maximum absolute atomic E-state index is 12.9. The molecule has 0 spiro atoms. The number of hydrogen-bond acceptors (Lipinski definition) is 6. The maximum Gasteiger partial charge on any atom is 0.235 e. The van der Waals surface area contributed by atoms with Gasteiger partial charge in [0.2, 0.25) is 11.1 Å². The van der Waals surface area contributed by atoms with E-state index in [0.717, 1.165) is 55.1 Å². The predicted molar refractivity (Wildman–Crippen MR) is 130 cm³/mol. The second kappa shape index (κ2) is 9.65. The molecule has 2 aliphatic rings. The van der Waals surface area contributed by atoms with Gasteiger partial charge in [0, 0.05) is 18.2 Å². The van der Waals surface area contributed by atoms with Crippen LogP contribution in [0.25, 0.3) is 5.69 Å². The number of carbonyl (C=O) groups is 1. The molecule has 1 N–H and O–H groups in total. The number of rotatable bonds is 8. The Morgan fingerprint density at radius 2 is 2.06 bits per heavy atom. The van der Waals surface area contributed by atoms with Crippen molar-refractivity contribution < 1.29 is 9.53 Å². The Hall–Kier alpha value is -3.09. The third kappa shape index (κ3) is 4.61. The lowest BCUT2D eigenvalue weighted by atomic mass is 10.2. The van der Waals surface area contributed by atoms with E-state index in [9.17, 15) is 10.1 Å². The Morgan fingerprint density at radius 1 is 1.26 bits per heavy atom. The minimum absolute atomic E-state index is 0.106. The summed E-state index contributed by atoms with van der Waals surface area (Å²) in [5.74, 6) is 1.92. The Bertz CT molecular complexity index is 1230. The maximum atomic E-state index is 12.9. The van der Waals surface area contributed by atoms with Gasteiger partial charge < -0.3 is 14.6 Å². The topological polar surface area (TPSA) is 97.8 Å². The second-order valence-electron chi connectivity index (χ2n) is 8.90. The summed E-state index contributed by atoms with van der Waals surface area (Å²) in [5, 5.41) is 18.0. The molecule has 9 heteroatoms. The van der Waals surface area contributed by atoms with E-state index in [1.807, 2.05) is 53.4 Å². The molecule has 1 aliphatic carbocycles. The molecule has 0 unspecified atom stereocenters. The van der Waals surface area contributed by atoms with Crippen molar-refractivity contribution in [2.24, 2.45) is 0 Å². The van der Waals surface area contributed by atoms with Crippen molar-refractivity contribution in [2.75, 3.05) is 17.7 Å². The Kier molecular flexibility index (Phi) is 6.44. The van der Waals surface area contributed by atoms with Gasteiger partial charge in [0.25, 0.3) is 0 Å². The third-order valence-corrected chi connectivity index (χ3v) is 7.34. The van der Waals surface area contributed by atoms with E-state index in [0.29, 0.717) is 29.0 Å². The number of carbonyl (C=O) groups excluding carboxylic acids is 1. The minimum Gasteiger partial charge on any atom is -0.376 e. The fourth-order valence-electron chi connectivity index (χ4n) is 4.38. The zero-order valence-electron chi connectivity index (χ0n) is 19.5. The third-order valence-electron chi connectivity index (χ3n) is 6.50. The quantitative estimate of drug-likeness (QED) is 0.486. The van der Waals surface area contributed by atoms with Crippen LogP contribution in [0.4, 0.5) is 5.82 Å². The number of thioether (sulfide) groups is 1. The molecule has 34 heavy (non-hydrogen) atoms. The molecule has 2 aromatic heterocycles. The van der Waals surface area contributed by atoms with Crippen molar-refractivity contribution in [3.8, 4) is 11.8 Å². The number of nitrogens with zero attached hydrogens (tertiary/aromatic N) is 5. The number of nitriles is 1. The normalized spacial score (nSPS) is 17.6. The van der Waals surface area contributed by atoms with Gasteiger partial charge in [-0.2, -0.15) is 5.26 Å². The number of para-hydroxylation sites is 1. The average molecular weight is 477 g/mol. The second-order valence-corrected chi connectivity index (χ2v) is 9.85. The highest BCUT2D eigenvalue weighted by Crippen LogP contribution is 2.40. The van der Waals surface area contributed by atoms with Gasteiger partial charge >= 0.3 is 0 Å². The van der Waals surface area contributed by atoms with Crippen molar-refractivity contribution in [3.63, 3.8) is 0 Å². The molecule has 3 aromatic rings. The first kappa shape index (κ1) is 22.7. The minimum atomic E-state index is -0.184. The van der Waals surface area contributed by atoms with E-state index in [1.165, 1.54) is 11.8 Å². The van der Waals surface area contributed by atoms with E-state index < -0.39 is 0 Å². The van der Waals surface area contributed by atoms with E-state index in [2.05, 4.69) is 16.5 Å². The number of nitrogens with one attached hydrogen (secondary N) is 1. The van der Waals surface area contributed by atoms with Crippen LogP contribution in [-0.2, 0) is 16.1 Å². The van der Waals surface area contributed by atoms with Crippen molar-refractivity contribution in [2.45, 2.75) is 63.3 Å². The first-order valence-electron chi connectivity index (χ1n) is 11.7. The molecule has 1 aliphatic heterocycles. The van der Waals surface area contributed by atoms with Gasteiger partial charge in [0.05, 0.1) is 29.7 Å². The molecular formula is C25H28N6O2S. The van der Waals surface area contributed by atoms with Crippen molar-refractivity contribution >= 4 is 23.5 Å². The summed E-state index contributed by atoms with van der Waals surface area (Å²) < 4.78 is 9.70. The summed E-state index contributed by atoms with van der Waals surface area (Å²) >= 11 is 1.31. The lowest BCUT2D eigenvalue weighted by Crippen LogP contribution is -2.22. The molecule has 1 aromatic carbocycles. The van der Waals surface area contributed by atoms with Gasteiger partial charge in [-0.3, -0.25) is 4.79 Å². The Morgan fingerprint density at radius 3 is 2.74 bits per heavy atom. The molecule has 5 rings (SSSR count). The monoisotopic (exact) mass is 476 g/mol. The molecule has 2 fully saturated rings. The van der Waals surface area contributed by atoms with E-state index in [1.54, 1.807) is 0 Å². The van der Waals surface area contributed by atoms with E-state index in [-0.39, 0.29) is 17.8 Å². The molecule has 1 atom stereocenters. The van der Waals surface area contributed by atoms with Gasteiger partial charge in [0.15, 0.2) is 0 Å². The fraction of sp³-hybridized carbons (Fsp3) is 0.440. The molecule has 0 radical (unpaired) electrons. The number of aromatic nitrogens is 4. The first-order chi connectivity index (χ1) is 16.5. The van der Waals surface area contributed by atoms with Gasteiger partial charge in [-0.05, 0) is 57.2 Å². The van der Waals surface area contributed by atoms with Crippen molar-refractivity contribution in [3.05, 3.63) is 53.0 Å². The molecule has 0 bridgehead atoms. The van der Waals surface area contributed by atoms with Crippen LogP contribution < -0.4 is 5.32 Å². The van der Waals surface area contributed by atoms with Crippen molar-refractivity contribution in [1.82, 2.24) is 19.3 Å². The predicted octanol–water partition coefficient (Wildman–Crippen LogP) is 4.34. The zero-order valence-corrected chi connectivity index (χ0v) is 20.3. The highest BCUT2D eigenvalue weighted by molar-refractivity contribution is 7.99. The van der Waals surface area contributed by atoms with E-state index >= 15 is 0 Å². The van der Waals surface area contributed by atoms with Crippen LogP contribution in [0.5, 0.6) is 0 Å². The van der Waals surface area contributed by atoms with Gasteiger partial charge in [-0.15, -0.1) is 5.10 Å². The SMILES string of the molecule is Cc1c(C#N)c(NC(=O)CSc2nc(C3CC3)n(-c3ccccc3)n2)n(C[C@@H]2CCCO2)c1C. The molecule has 1 saturated carbocycles. The average Bonchev–Trinajstić information content (AvgIpc) is 3.31. The summed E-state index contributed by atoms with van der Waals surface area (Å²) in [6.45, 7) is 5.29. The standard InChI is InChI=1S/C25H28N6O2S/c1-16-17(2)30(14-20-9-6-12-33-20)24(21(16)13-26)27-22(32)15-34-25-28-23(18-10-11-18)31(29-25)19-7-4-3-5-8-19/h3-5,7-8,18,20H,6,9-12,14-15H2,1-2H3,(H,27,32)/t20-/m0/s1. The molecule has 8 nitrogen and oxygen atoms in total. The lowest BCUT2D eigenvalue weighted by Gasteiger charge is -2.16. The summed E-state index contributed by atoms with van der Waals surface area (Å²) in [6, 6.07) is 12.2. The Balaban J connectivity index is 1.31. The van der Waals surface area contributed by atoms with Gasteiger partial charge in [0.1, 0.15) is 17.7 Å². The van der Waals surface area contributed by atoms with E-state index in [4.69, 9.17) is 9.72 Å². The fourth-order valence-corrected chi connectivity index (χ4v) is 5.01. The number of hydrogen-bond donors (Lipinski definition) is 1. The summed E-state index contributed by atoms with van der Waals surface area (Å²) in [6.07, 6.45) is 4.37. The smallest absolute Gasteiger partial charge is 0.235 e. The molecule has 1 saturated heterocycles. The van der Waals surface area contributed by atoms with Crippen LogP contribution in [0.3, 0.4) is 0 Å². The van der Waals surface area contributed by atoms with Crippen LogP contribution in [0, 0.1) is 25.2 Å². The summed E-state index contributed by atoms with van der Waals surface area (Å²) in [4.78, 5) is 17.6. The lowest BCUT2D eigenvalue weighted by molar-refractivity contribution is -0.113. The van der Waals surface area contributed by atoms with Crippen molar-refractivity contribution in [1.29, 1.82) is 5.26 Å². The van der Waals surface area contributed by atoms with Crippen LogP contribution in [0.2, 0.25) is 0 Å². The zero-order chi connectivity index (χ0) is 23.7. The largest absolute Gasteiger partial charge is 0.376 e. The summed E-state index contributed by atoms with van der Waals surface area (Å²) in [5.41, 5.74) is 3.36. The number of benzene rings is 1. The molecule has 176 valence electrons.